The van der Waals surface area contributed by atoms with E-state index < -0.39 is 0 Å². The lowest BCUT2D eigenvalue weighted by molar-refractivity contribution is -0.129. The molecule has 0 spiro atoms. The zero-order valence-corrected chi connectivity index (χ0v) is 10.0. The minimum Gasteiger partial charge on any atom is -0.332 e. The van der Waals surface area contributed by atoms with E-state index >= 15 is 0 Å². The third-order valence-electron chi connectivity index (χ3n) is 3.70. The molecule has 17 heavy (non-hydrogen) atoms. The second-order valence-corrected chi connectivity index (χ2v) is 4.91. The van der Waals surface area contributed by atoms with Crippen molar-refractivity contribution in [1.82, 2.24) is 15.2 Å². The van der Waals surface area contributed by atoms with Gasteiger partial charge >= 0.3 is 0 Å². The fourth-order valence-corrected chi connectivity index (χ4v) is 2.89. The minimum absolute atomic E-state index is 0.260. The van der Waals surface area contributed by atoms with Crippen LogP contribution in [-0.4, -0.2) is 34.4 Å². The summed E-state index contributed by atoms with van der Waals surface area (Å²) >= 11 is 0. The Labute approximate surface area is 101 Å². The number of aryl methyl sites for hydroxylation is 1. The highest BCUT2D eigenvalue weighted by Crippen LogP contribution is 2.27. The van der Waals surface area contributed by atoms with Gasteiger partial charge in [0, 0.05) is 24.2 Å². The molecule has 3 heterocycles. The van der Waals surface area contributed by atoms with Crippen molar-refractivity contribution in [3.63, 3.8) is 0 Å². The summed E-state index contributed by atoms with van der Waals surface area (Å²) in [6, 6.07) is 6.73. The van der Waals surface area contributed by atoms with Gasteiger partial charge in [-0.1, -0.05) is 6.07 Å². The van der Waals surface area contributed by atoms with Gasteiger partial charge in [-0.15, -0.1) is 0 Å². The highest BCUT2D eigenvalue weighted by molar-refractivity contribution is 5.80. The smallest absolute Gasteiger partial charge is 0.224 e. The molecule has 0 saturated carbocycles. The molecule has 4 nitrogen and oxygen atoms in total. The number of pyridine rings is 1. The monoisotopic (exact) mass is 231 g/mol. The quantitative estimate of drug-likeness (QED) is 0.821. The molecule has 0 aromatic carbocycles. The van der Waals surface area contributed by atoms with E-state index in [1.165, 1.54) is 0 Å². The molecule has 2 aliphatic heterocycles. The lowest BCUT2D eigenvalue weighted by atomic mass is 10.1. The van der Waals surface area contributed by atoms with Gasteiger partial charge in [-0.2, -0.15) is 0 Å². The number of amides is 1. The van der Waals surface area contributed by atoms with E-state index in [9.17, 15) is 4.79 Å². The molecular weight excluding hydrogens is 214 g/mol. The number of likely N-dealkylation sites (tertiary alicyclic amines) is 1. The zero-order valence-electron chi connectivity index (χ0n) is 10.0. The number of rotatable bonds is 2. The van der Waals surface area contributed by atoms with Gasteiger partial charge in [-0.05, 0) is 32.0 Å². The molecule has 1 aromatic rings. The number of nitrogens with zero attached hydrogens (tertiary/aromatic N) is 2. The molecule has 1 N–H and O–H groups in total. The standard InChI is InChI=1S/C13H17N3O/c1-9-3-2-4-10(15-9)8-16-12-5-6-14-11(12)7-13(16)17/h2-4,11-12,14H,5-8H2,1H3/t11-,12-/m1/s1. The van der Waals surface area contributed by atoms with Gasteiger partial charge in [0.15, 0.2) is 0 Å². The third kappa shape index (κ3) is 1.93. The van der Waals surface area contributed by atoms with Gasteiger partial charge < -0.3 is 10.2 Å². The number of aromatic nitrogens is 1. The van der Waals surface area contributed by atoms with Crippen LogP contribution in [0, 0.1) is 6.92 Å². The van der Waals surface area contributed by atoms with E-state index in [0.717, 1.165) is 24.4 Å². The second-order valence-electron chi connectivity index (χ2n) is 4.91. The Morgan fingerprint density at radius 2 is 2.41 bits per heavy atom. The van der Waals surface area contributed by atoms with Crippen LogP contribution in [-0.2, 0) is 11.3 Å². The number of hydrogen-bond acceptors (Lipinski definition) is 3. The van der Waals surface area contributed by atoms with Crippen LogP contribution >= 0.6 is 0 Å². The third-order valence-corrected chi connectivity index (χ3v) is 3.70. The Balaban J connectivity index is 1.78. The van der Waals surface area contributed by atoms with Crippen LogP contribution in [0.5, 0.6) is 0 Å². The SMILES string of the molecule is Cc1cccc(CN2C(=O)C[C@H]3NCC[C@H]32)n1. The summed E-state index contributed by atoms with van der Waals surface area (Å²) in [6.45, 7) is 3.67. The van der Waals surface area contributed by atoms with E-state index in [-0.39, 0.29) is 5.91 Å². The Morgan fingerprint density at radius 3 is 3.24 bits per heavy atom. The van der Waals surface area contributed by atoms with Crippen LogP contribution in [0.25, 0.3) is 0 Å². The van der Waals surface area contributed by atoms with Crippen LogP contribution in [0.1, 0.15) is 24.2 Å². The molecule has 4 heteroatoms. The fraction of sp³-hybridized carbons (Fsp3) is 0.538. The van der Waals surface area contributed by atoms with Crippen molar-refractivity contribution < 1.29 is 4.79 Å². The Morgan fingerprint density at radius 1 is 1.53 bits per heavy atom. The molecular formula is C13H17N3O. The molecule has 3 rings (SSSR count). The van der Waals surface area contributed by atoms with Gasteiger partial charge in [-0.25, -0.2) is 0 Å². The van der Waals surface area contributed by atoms with Crippen molar-refractivity contribution in [2.45, 2.75) is 38.4 Å². The van der Waals surface area contributed by atoms with E-state index in [1.807, 2.05) is 30.0 Å². The van der Waals surface area contributed by atoms with Crippen LogP contribution < -0.4 is 5.32 Å². The first-order chi connectivity index (χ1) is 8.24. The summed E-state index contributed by atoms with van der Waals surface area (Å²) in [5.74, 6) is 0.260. The first-order valence-corrected chi connectivity index (χ1v) is 6.19. The topological polar surface area (TPSA) is 45.2 Å². The van der Waals surface area contributed by atoms with Crippen molar-refractivity contribution in [2.24, 2.45) is 0 Å². The van der Waals surface area contributed by atoms with E-state index in [4.69, 9.17) is 0 Å². The predicted molar refractivity (Wildman–Crippen MR) is 64.3 cm³/mol. The maximum atomic E-state index is 11.9. The van der Waals surface area contributed by atoms with Crippen molar-refractivity contribution in [3.05, 3.63) is 29.6 Å². The van der Waals surface area contributed by atoms with Crippen LogP contribution in [0.15, 0.2) is 18.2 Å². The lowest BCUT2D eigenvalue weighted by Crippen LogP contribution is -2.35. The van der Waals surface area contributed by atoms with Crippen molar-refractivity contribution in [1.29, 1.82) is 0 Å². The van der Waals surface area contributed by atoms with E-state index in [0.29, 0.717) is 25.0 Å². The molecule has 90 valence electrons. The van der Waals surface area contributed by atoms with Gasteiger partial charge in [0.25, 0.3) is 0 Å². The molecule has 2 saturated heterocycles. The van der Waals surface area contributed by atoms with Gasteiger partial charge in [0.1, 0.15) is 0 Å². The first-order valence-electron chi connectivity index (χ1n) is 6.19. The fourth-order valence-electron chi connectivity index (χ4n) is 2.89. The van der Waals surface area contributed by atoms with E-state index in [2.05, 4.69) is 10.3 Å². The van der Waals surface area contributed by atoms with Gasteiger partial charge in [-0.3, -0.25) is 9.78 Å². The Hall–Kier alpha value is -1.42. The molecule has 1 aromatic heterocycles. The van der Waals surface area contributed by atoms with Crippen molar-refractivity contribution in [2.75, 3.05) is 6.54 Å². The molecule has 0 unspecified atom stereocenters. The van der Waals surface area contributed by atoms with Crippen molar-refractivity contribution in [3.8, 4) is 0 Å². The Bertz CT molecular complexity index is 446. The van der Waals surface area contributed by atoms with E-state index in [1.54, 1.807) is 0 Å². The second kappa shape index (κ2) is 4.11. The molecule has 2 aliphatic rings. The predicted octanol–water partition coefficient (Wildman–Crippen LogP) is 0.853. The zero-order chi connectivity index (χ0) is 11.8. The maximum Gasteiger partial charge on any atom is 0.224 e. The molecule has 0 aliphatic carbocycles. The number of hydrogen-bond donors (Lipinski definition) is 1. The average Bonchev–Trinajstić information content (AvgIpc) is 2.83. The van der Waals surface area contributed by atoms with Crippen LogP contribution in [0.3, 0.4) is 0 Å². The molecule has 2 fully saturated rings. The molecule has 2 atom stereocenters. The summed E-state index contributed by atoms with van der Waals surface area (Å²) < 4.78 is 0. The van der Waals surface area contributed by atoms with Crippen LogP contribution in [0.2, 0.25) is 0 Å². The Kier molecular flexibility index (Phi) is 2.59. The van der Waals surface area contributed by atoms with Gasteiger partial charge in [0.05, 0.1) is 12.2 Å². The summed E-state index contributed by atoms with van der Waals surface area (Å²) in [6.07, 6.45) is 1.72. The average molecular weight is 231 g/mol. The molecule has 1 amide bonds. The number of carbonyl (C=O) groups is 1. The molecule has 0 radical (unpaired) electrons. The summed E-state index contributed by atoms with van der Waals surface area (Å²) in [7, 11) is 0. The number of fused-ring (bicyclic) bond motifs is 1. The highest BCUT2D eigenvalue weighted by atomic mass is 16.2. The first kappa shape index (κ1) is 10.7. The summed E-state index contributed by atoms with van der Waals surface area (Å²) in [5, 5.41) is 3.39. The molecule has 0 bridgehead atoms. The maximum absolute atomic E-state index is 11.9. The lowest BCUT2D eigenvalue weighted by Gasteiger charge is -2.23. The van der Waals surface area contributed by atoms with Gasteiger partial charge in [0.2, 0.25) is 5.91 Å². The highest BCUT2D eigenvalue weighted by Gasteiger charge is 2.42. The minimum atomic E-state index is 0.260. The normalized spacial score (nSPS) is 27.6. The van der Waals surface area contributed by atoms with Crippen molar-refractivity contribution >= 4 is 5.91 Å². The largest absolute Gasteiger partial charge is 0.332 e. The summed E-state index contributed by atoms with van der Waals surface area (Å²) in [5.41, 5.74) is 2.00. The number of nitrogens with one attached hydrogen (secondary N) is 1. The number of carbonyl (C=O) groups excluding carboxylic acids is 1. The van der Waals surface area contributed by atoms with Crippen LogP contribution in [0.4, 0.5) is 0 Å². The summed E-state index contributed by atoms with van der Waals surface area (Å²) in [4.78, 5) is 18.4.